The highest BCUT2D eigenvalue weighted by Crippen LogP contribution is 2.11. The number of amides is 1. The van der Waals surface area contributed by atoms with E-state index in [4.69, 9.17) is 11.6 Å². The molecule has 1 N–H and O–H groups in total. The molecule has 0 saturated carbocycles. The SMILES string of the molecule is CCCN1CCC(NC(=O)C(C)Cl)CC1. The van der Waals surface area contributed by atoms with Gasteiger partial charge < -0.3 is 10.2 Å². The maximum Gasteiger partial charge on any atom is 0.237 e. The summed E-state index contributed by atoms with van der Waals surface area (Å²) in [5.74, 6) is -0.0365. The number of carbonyl (C=O) groups excluding carboxylic acids is 1. The molecule has 0 aliphatic carbocycles. The first-order chi connectivity index (χ1) is 7.13. The van der Waals surface area contributed by atoms with Crippen molar-refractivity contribution in [1.29, 1.82) is 0 Å². The summed E-state index contributed by atoms with van der Waals surface area (Å²) >= 11 is 5.70. The zero-order valence-electron chi connectivity index (χ0n) is 9.63. The van der Waals surface area contributed by atoms with Crippen molar-refractivity contribution in [1.82, 2.24) is 10.2 Å². The van der Waals surface area contributed by atoms with E-state index in [-0.39, 0.29) is 5.91 Å². The second-order valence-electron chi connectivity index (χ2n) is 4.24. The molecule has 0 aromatic heterocycles. The largest absolute Gasteiger partial charge is 0.352 e. The van der Waals surface area contributed by atoms with E-state index in [0.717, 1.165) is 25.9 Å². The molecule has 1 rings (SSSR count). The molecule has 1 aliphatic heterocycles. The molecule has 0 spiro atoms. The van der Waals surface area contributed by atoms with Crippen molar-refractivity contribution >= 4 is 17.5 Å². The molecule has 3 nitrogen and oxygen atoms in total. The summed E-state index contributed by atoms with van der Waals surface area (Å²) in [6.07, 6.45) is 3.31. The highest BCUT2D eigenvalue weighted by molar-refractivity contribution is 6.30. The van der Waals surface area contributed by atoms with Crippen molar-refractivity contribution in [3.63, 3.8) is 0 Å². The van der Waals surface area contributed by atoms with Crippen LogP contribution in [0.4, 0.5) is 0 Å². The minimum atomic E-state index is -0.418. The summed E-state index contributed by atoms with van der Waals surface area (Å²) in [5, 5.41) is 2.57. The predicted octanol–water partition coefficient (Wildman–Crippen LogP) is 1.60. The third-order valence-corrected chi connectivity index (χ3v) is 3.03. The first kappa shape index (κ1) is 12.8. The van der Waals surface area contributed by atoms with Crippen LogP contribution in [0.25, 0.3) is 0 Å². The number of alkyl halides is 1. The number of nitrogens with zero attached hydrogens (tertiary/aromatic N) is 1. The van der Waals surface area contributed by atoms with Gasteiger partial charge in [-0.1, -0.05) is 6.92 Å². The molecule has 0 aromatic rings. The molecule has 1 fully saturated rings. The van der Waals surface area contributed by atoms with Crippen LogP contribution in [0.3, 0.4) is 0 Å². The highest BCUT2D eigenvalue weighted by Gasteiger charge is 2.21. The monoisotopic (exact) mass is 232 g/mol. The Morgan fingerprint density at radius 3 is 2.60 bits per heavy atom. The van der Waals surface area contributed by atoms with E-state index in [1.807, 2.05) is 0 Å². The minimum Gasteiger partial charge on any atom is -0.352 e. The molecule has 1 amide bonds. The lowest BCUT2D eigenvalue weighted by molar-refractivity contribution is -0.121. The second kappa shape index (κ2) is 6.33. The fourth-order valence-electron chi connectivity index (χ4n) is 1.93. The molecule has 1 heterocycles. The number of halogens is 1. The summed E-state index contributed by atoms with van der Waals surface area (Å²) in [7, 11) is 0. The number of hydrogen-bond donors (Lipinski definition) is 1. The van der Waals surface area contributed by atoms with Crippen LogP contribution >= 0.6 is 11.6 Å². The Balaban J connectivity index is 2.22. The predicted molar refractivity (Wildman–Crippen MR) is 63.2 cm³/mol. The number of hydrogen-bond acceptors (Lipinski definition) is 2. The Labute approximate surface area is 97.2 Å². The van der Waals surface area contributed by atoms with Crippen LogP contribution in [0.5, 0.6) is 0 Å². The average Bonchev–Trinajstić information content (AvgIpc) is 2.21. The van der Waals surface area contributed by atoms with Gasteiger partial charge in [-0.2, -0.15) is 0 Å². The van der Waals surface area contributed by atoms with Crippen molar-refractivity contribution < 1.29 is 4.79 Å². The number of nitrogens with one attached hydrogen (secondary N) is 1. The number of rotatable bonds is 4. The lowest BCUT2D eigenvalue weighted by Gasteiger charge is -2.32. The molecule has 15 heavy (non-hydrogen) atoms. The zero-order chi connectivity index (χ0) is 11.3. The van der Waals surface area contributed by atoms with Crippen LogP contribution < -0.4 is 5.32 Å². The van der Waals surface area contributed by atoms with Gasteiger partial charge in [0.05, 0.1) is 0 Å². The van der Waals surface area contributed by atoms with E-state index in [9.17, 15) is 4.79 Å². The lowest BCUT2D eigenvalue weighted by atomic mass is 10.0. The van der Waals surface area contributed by atoms with Crippen LogP contribution in [0.15, 0.2) is 0 Å². The zero-order valence-corrected chi connectivity index (χ0v) is 10.4. The second-order valence-corrected chi connectivity index (χ2v) is 4.90. The van der Waals surface area contributed by atoms with Crippen LogP contribution in [0.1, 0.15) is 33.1 Å². The molecule has 1 atom stereocenters. The Kier molecular flexibility index (Phi) is 5.40. The van der Waals surface area contributed by atoms with E-state index in [1.54, 1.807) is 6.92 Å². The normalized spacial score (nSPS) is 21.3. The van der Waals surface area contributed by atoms with Crippen molar-refractivity contribution in [2.75, 3.05) is 19.6 Å². The van der Waals surface area contributed by atoms with Crippen LogP contribution in [0.2, 0.25) is 0 Å². The molecular weight excluding hydrogens is 212 g/mol. The van der Waals surface area contributed by atoms with E-state index in [0.29, 0.717) is 6.04 Å². The Hall–Kier alpha value is -0.280. The van der Waals surface area contributed by atoms with Gasteiger partial charge in [-0.3, -0.25) is 4.79 Å². The minimum absolute atomic E-state index is 0.0365. The molecule has 1 unspecified atom stereocenters. The Morgan fingerprint density at radius 1 is 1.53 bits per heavy atom. The van der Waals surface area contributed by atoms with Gasteiger partial charge in [0.1, 0.15) is 5.38 Å². The van der Waals surface area contributed by atoms with Crippen molar-refractivity contribution in [2.45, 2.75) is 44.5 Å². The van der Waals surface area contributed by atoms with Crippen molar-refractivity contribution in [3.05, 3.63) is 0 Å². The molecule has 0 bridgehead atoms. The van der Waals surface area contributed by atoms with Crippen LogP contribution in [-0.4, -0.2) is 41.9 Å². The fraction of sp³-hybridized carbons (Fsp3) is 0.909. The first-order valence-corrected chi connectivity index (χ1v) is 6.24. The first-order valence-electron chi connectivity index (χ1n) is 5.80. The average molecular weight is 233 g/mol. The Bertz CT molecular complexity index is 201. The maximum atomic E-state index is 11.4. The number of piperidine rings is 1. The Morgan fingerprint density at radius 2 is 2.13 bits per heavy atom. The fourth-order valence-corrected chi connectivity index (χ4v) is 2.00. The van der Waals surface area contributed by atoms with E-state index < -0.39 is 5.38 Å². The van der Waals surface area contributed by atoms with Gasteiger partial charge in [0.2, 0.25) is 5.91 Å². The molecule has 1 aliphatic rings. The lowest BCUT2D eigenvalue weighted by Crippen LogP contribution is -2.46. The van der Waals surface area contributed by atoms with Gasteiger partial charge in [0.15, 0.2) is 0 Å². The van der Waals surface area contributed by atoms with E-state index in [1.165, 1.54) is 13.0 Å². The third-order valence-electron chi connectivity index (χ3n) is 2.84. The van der Waals surface area contributed by atoms with Crippen LogP contribution in [-0.2, 0) is 4.79 Å². The summed E-state index contributed by atoms with van der Waals surface area (Å²) in [4.78, 5) is 13.8. The molecule has 1 saturated heterocycles. The van der Waals surface area contributed by atoms with Gasteiger partial charge in [0, 0.05) is 19.1 Å². The van der Waals surface area contributed by atoms with E-state index >= 15 is 0 Å². The van der Waals surface area contributed by atoms with Gasteiger partial charge in [-0.05, 0) is 32.7 Å². The molecular formula is C11H21ClN2O. The summed E-state index contributed by atoms with van der Waals surface area (Å²) in [5.41, 5.74) is 0. The molecule has 4 heteroatoms. The standard InChI is InChI=1S/C11H21ClN2O/c1-3-6-14-7-4-10(5-8-14)13-11(15)9(2)12/h9-10H,3-8H2,1-2H3,(H,13,15). The highest BCUT2D eigenvalue weighted by atomic mass is 35.5. The van der Waals surface area contributed by atoms with Gasteiger partial charge >= 0.3 is 0 Å². The number of carbonyl (C=O) groups is 1. The third kappa shape index (κ3) is 4.39. The van der Waals surface area contributed by atoms with Crippen molar-refractivity contribution in [2.24, 2.45) is 0 Å². The molecule has 0 aromatic carbocycles. The molecule has 88 valence electrons. The van der Waals surface area contributed by atoms with Gasteiger partial charge in [-0.15, -0.1) is 11.6 Å². The summed E-state index contributed by atoms with van der Waals surface area (Å²) < 4.78 is 0. The number of likely N-dealkylation sites (tertiary alicyclic amines) is 1. The van der Waals surface area contributed by atoms with Crippen molar-refractivity contribution in [3.8, 4) is 0 Å². The van der Waals surface area contributed by atoms with Gasteiger partial charge in [-0.25, -0.2) is 0 Å². The maximum absolute atomic E-state index is 11.4. The van der Waals surface area contributed by atoms with E-state index in [2.05, 4.69) is 17.1 Å². The topological polar surface area (TPSA) is 32.3 Å². The molecule has 0 radical (unpaired) electrons. The van der Waals surface area contributed by atoms with Crippen LogP contribution in [0, 0.1) is 0 Å². The smallest absolute Gasteiger partial charge is 0.237 e. The summed E-state index contributed by atoms with van der Waals surface area (Å²) in [6, 6.07) is 0.326. The summed E-state index contributed by atoms with van der Waals surface area (Å²) in [6.45, 7) is 7.27. The quantitative estimate of drug-likeness (QED) is 0.747. The van der Waals surface area contributed by atoms with Gasteiger partial charge in [0.25, 0.3) is 0 Å².